The highest BCUT2D eigenvalue weighted by Gasteiger charge is 2.59. The minimum atomic E-state index is -0.754. The van der Waals surface area contributed by atoms with Gasteiger partial charge in [-0.2, -0.15) is 0 Å². The molecule has 0 N–H and O–H groups in total. The number of methoxy groups -OCH3 is 1. The predicted molar refractivity (Wildman–Crippen MR) is 54.9 cm³/mol. The van der Waals surface area contributed by atoms with Gasteiger partial charge in [0.25, 0.3) is 0 Å². The average molecular weight is 246 g/mol. The van der Waals surface area contributed by atoms with Crippen LogP contribution < -0.4 is 0 Å². The molecule has 0 spiro atoms. The fourth-order valence-electron chi connectivity index (χ4n) is 2.37. The normalized spacial score (nSPS) is 52.2. The third kappa shape index (κ3) is 1.89. The molecule has 3 aliphatic heterocycles. The second-order valence-electron chi connectivity index (χ2n) is 5.20. The Labute approximate surface area is 100 Å². The highest BCUT2D eigenvalue weighted by atomic mass is 16.9. The monoisotopic (exact) mass is 246 g/mol. The zero-order valence-corrected chi connectivity index (χ0v) is 10.5. The molecule has 0 saturated carbocycles. The maximum atomic E-state index is 5.88. The maximum absolute atomic E-state index is 5.88. The number of ether oxygens (including phenoxy) is 6. The van der Waals surface area contributed by atoms with Crippen LogP contribution in [0.2, 0.25) is 0 Å². The van der Waals surface area contributed by atoms with Gasteiger partial charge >= 0.3 is 0 Å². The Morgan fingerprint density at radius 1 is 1.00 bits per heavy atom. The van der Waals surface area contributed by atoms with Gasteiger partial charge in [0.2, 0.25) is 0 Å². The molecule has 3 fully saturated rings. The molecule has 98 valence electrons. The predicted octanol–water partition coefficient (Wildman–Crippen LogP) is 0.598. The molecule has 5 atom stereocenters. The average Bonchev–Trinajstić information content (AvgIpc) is 2.71. The highest BCUT2D eigenvalue weighted by molar-refractivity contribution is 4.93. The Balaban J connectivity index is 1.77. The van der Waals surface area contributed by atoms with Crippen molar-refractivity contribution in [3.05, 3.63) is 0 Å². The van der Waals surface area contributed by atoms with Gasteiger partial charge in [0.1, 0.15) is 18.8 Å². The Kier molecular flexibility index (Phi) is 2.52. The first-order valence-electron chi connectivity index (χ1n) is 5.78. The molecule has 6 nitrogen and oxygen atoms in total. The quantitative estimate of drug-likeness (QED) is 0.675. The van der Waals surface area contributed by atoms with Crippen molar-refractivity contribution in [1.29, 1.82) is 0 Å². The van der Waals surface area contributed by atoms with Crippen LogP contribution in [0.1, 0.15) is 20.8 Å². The molecule has 3 aliphatic rings. The van der Waals surface area contributed by atoms with Crippen LogP contribution in [0.5, 0.6) is 0 Å². The summed E-state index contributed by atoms with van der Waals surface area (Å²) in [7, 11) is 1.59. The standard InChI is InChI=1S/C11H18O6/c1-10(2)15-7-6-8(14-9(7)17-10)13-5-11(3,12-4)16-6/h6-9H,5H2,1-4H3/t6-,7-,8+,9?,11?/m1/s1. The van der Waals surface area contributed by atoms with Crippen LogP contribution in [-0.2, 0) is 28.4 Å². The zero-order valence-electron chi connectivity index (χ0n) is 10.5. The van der Waals surface area contributed by atoms with E-state index in [9.17, 15) is 0 Å². The topological polar surface area (TPSA) is 55.4 Å². The summed E-state index contributed by atoms with van der Waals surface area (Å²) >= 11 is 0. The lowest BCUT2D eigenvalue weighted by Crippen LogP contribution is -2.53. The number of hydrogen-bond acceptors (Lipinski definition) is 6. The molecular formula is C11H18O6. The second-order valence-corrected chi connectivity index (χ2v) is 5.20. The van der Waals surface area contributed by atoms with E-state index in [0.29, 0.717) is 6.61 Å². The molecule has 0 aromatic rings. The van der Waals surface area contributed by atoms with E-state index < -0.39 is 24.2 Å². The van der Waals surface area contributed by atoms with Crippen LogP contribution in [0, 0.1) is 0 Å². The Morgan fingerprint density at radius 3 is 2.41 bits per heavy atom. The summed E-state index contributed by atoms with van der Waals surface area (Å²) in [5, 5.41) is 0. The lowest BCUT2D eigenvalue weighted by Gasteiger charge is -2.39. The molecule has 0 aromatic heterocycles. The van der Waals surface area contributed by atoms with Crippen LogP contribution in [0.25, 0.3) is 0 Å². The van der Waals surface area contributed by atoms with Gasteiger partial charge in [-0.3, -0.25) is 0 Å². The van der Waals surface area contributed by atoms with Gasteiger partial charge in [-0.25, -0.2) is 0 Å². The smallest absolute Gasteiger partial charge is 0.193 e. The lowest BCUT2D eigenvalue weighted by atomic mass is 10.2. The molecule has 0 aromatic carbocycles. The second kappa shape index (κ2) is 3.63. The van der Waals surface area contributed by atoms with Crippen LogP contribution in [0.4, 0.5) is 0 Å². The summed E-state index contributed by atoms with van der Waals surface area (Å²) < 4.78 is 33.8. The van der Waals surface area contributed by atoms with E-state index in [-0.39, 0.29) is 12.2 Å². The first-order chi connectivity index (χ1) is 7.92. The molecule has 0 bridgehead atoms. The number of hydrogen-bond donors (Lipinski definition) is 0. The fraction of sp³-hybridized carbons (Fsp3) is 1.00. The summed E-state index contributed by atoms with van der Waals surface area (Å²) in [6.07, 6.45) is -1.46. The van der Waals surface area contributed by atoms with E-state index in [4.69, 9.17) is 28.4 Å². The van der Waals surface area contributed by atoms with Gasteiger partial charge < -0.3 is 28.4 Å². The molecule has 0 aliphatic carbocycles. The van der Waals surface area contributed by atoms with E-state index in [0.717, 1.165) is 0 Å². The van der Waals surface area contributed by atoms with E-state index in [1.807, 2.05) is 20.8 Å². The van der Waals surface area contributed by atoms with Crippen molar-refractivity contribution in [2.45, 2.75) is 57.1 Å². The number of rotatable bonds is 1. The van der Waals surface area contributed by atoms with Crippen LogP contribution in [0.3, 0.4) is 0 Å². The third-order valence-electron chi connectivity index (χ3n) is 3.28. The van der Waals surface area contributed by atoms with Gasteiger partial charge in [0, 0.05) is 7.11 Å². The highest BCUT2D eigenvalue weighted by Crippen LogP contribution is 2.42. The molecule has 6 heteroatoms. The molecular weight excluding hydrogens is 228 g/mol. The van der Waals surface area contributed by atoms with Gasteiger partial charge in [-0.05, 0) is 20.8 Å². The lowest BCUT2D eigenvalue weighted by molar-refractivity contribution is -0.364. The van der Waals surface area contributed by atoms with Crippen molar-refractivity contribution < 1.29 is 28.4 Å². The molecule has 0 radical (unpaired) electrons. The summed E-state index contributed by atoms with van der Waals surface area (Å²) in [5.74, 6) is -1.40. The van der Waals surface area contributed by atoms with Crippen molar-refractivity contribution in [1.82, 2.24) is 0 Å². The molecule has 17 heavy (non-hydrogen) atoms. The first kappa shape index (κ1) is 11.8. The third-order valence-corrected chi connectivity index (χ3v) is 3.28. The minimum absolute atomic E-state index is 0.273. The van der Waals surface area contributed by atoms with Crippen LogP contribution in [0.15, 0.2) is 0 Å². The fourth-order valence-corrected chi connectivity index (χ4v) is 2.37. The first-order valence-corrected chi connectivity index (χ1v) is 5.78. The van der Waals surface area contributed by atoms with E-state index >= 15 is 0 Å². The molecule has 3 saturated heterocycles. The van der Waals surface area contributed by atoms with E-state index in [1.165, 1.54) is 0 Å². The largest absolute Gasteiger partial charge is 0.351 e. The van der Waals surface area contributed by atoms with Crippen molar-refractivity contribution >= 4 is 0 Å². The summed E-state index contributed by atoms with van der Waals surface area (Å²) in [5.41, 5.74) is 0. The molecule has 2 unspecified atom stereocenters. The van der Waals surface area contributed by atoms with Gasteiger partial charge in [-0.15, -0.1) is 0 Å². The van der Waals surface area contributed by atoms with Crippen LogP contribution >= 0.6 is 0 Å². The van der Waals surface area contributed by atoms with Gasteiger partial charge in [0.15, 0.2) is 24.2 Å². The summed E-state index contributed by atoms with van der Waals surface area (Å²) in [6, 6.07) is 0. The van der Waals surface area contributed by atoms with E-state index in [2.05, 4.69) is 0 Å². The zero-order chi connectivity index (χ0) is 12.3. The Morgan fingerprint density at radius 2 is 1.71 bits per heavy atom. The Hall–Kier alpha value is -0.240. The molecule has 3 heterocycles. The minimum Gasteiger partial charge on any atom is -0.351 e. The summed E-state index contributed by atoms with van der Waals surface area (Å²) in [4.78, 5) is 0. The van der Waals surface area contributed by atoms with Crippen LogP contribution in [-0.4, -0.2) is 50.1 Å². The molecule has 3 rings (SSSR count). The maximum Gasteiger partial charge on any atom is 0.193 e. The van der Waals surface area contributed by atoms with Gasteiger partial charge in [-0.1, -0.05) is 0 Å². The van der Waals surface area contributed by atoms with Crippen molar-refractivity contribution in [2.24, 2.45) is 0 Å². The van der Waals surface area contributed by atoms with E-state index in [1.54, 1.807) is 7.11 Å². The van der Waals surface area contributed by atoms with Crippen molar-refractivity contribution in [3.8, 4) is 0 Å². The van der Waals surface area contributed by atoms with Gasteiger partial charge in [0.05, 0.1) is 0 Å². The summed E-state index contributed by atoms with van der Waals surface area (Å²) in [6.45, 7) is 5.86. The van der Waals surface area contributed by atoms with Crippen molar-refractivity contribution in [3.63, 3.8) is 0 Å². The SMILES string of the molecule is COC1(C)CO[C@H]2OC3OC(C)(C)O[C@@H]3[C@H]2O1. The number of fused-ring (bicyclic) bond motifs is 3. The Bertz CT molecular complexity index is 319. The molecule has 0 amide bonds. The van der Waals surface area contributed by atoms with Crippen molar-refractivity contribution in [2.75, 3.05) is 13.7 Å².